The third-order valence-electron chi connectivity index (χ3n) is 2.23. The van der Waals surface area contributed by atoms with E-state index < -0.39 is 5.97 Å². The van der Waals surface area contributed by atoms with Crippen LogP contribution in [-0.4, -0.2) is 27.0 Å². The summed E-state index contributed by atoms with van der Waals surface area (Å²) >= 11 is 12.9. The second kappa shape index (κ2) is 7.53. The summed E-state index contributed by atoms with van der Waals surface area (Å²) in [5.74, 6) is 0.224. The summed E-state index contributed by atoms with van der Waals surface area (Å²) in [6.07, 6.45) is 0.0270. The first-order valence-electron chi connectivity index (χ1n) is 5.79. The zero-order valence-electron chi connectivity index (χ0n) is 10.6. The highest BCUT2D eigenvalue weighted by molar-refractivity contribution is 7.99. The van der Waals surface area contributed by atoms with Crippen LogP contribution in [0.1, 0.15) is 12.3 Å². The second-order valence-electron chi connectivity index (χ2n) is 3.82. The summed E-state index contributed by atoms with van der Waals surface area (Å²) < 4.78 is 10.7. The Kier molecular flexibility index (Phi) is 5.72. The predicted octanol–water partition coefficient (Wildman–Crippen LogP) is 3.52. The molecule has 112 valence electrons. The number of rotatable bonds is 7. The molecule has 0 aliphatic carbocycles. The summed E-state index contributed by atoms with van der Waals surface area (Å²) in [5.41, 5.74) is 0. The summed E-state index contributed by atoms with van der Waals surface area (Å²) in [4.78, 5) is 10.4. The Morgan fingerprint density at radius 3 is 2.90 bits per heavy atom. The Labute approximate surface area is 134 Å². The molecule has 1 aromatic carbocycles. The molecule has 1 aromatic heterocycles. The molecule has 0 aliphatic rings. The van der Waals surface area contributed by atoms with E-state index in [0.29, 0.717) is 26.8 Å². The van der Waals surface area contributed by atoms with Crippen molar-refractivity contribution in [1.29, 1.82) is 0 Å². The molecule has 0 saturated carbocycles. The van der Waals surface area contributed by atoms with Gasteiger partial charge in [-0.25, -0.2) is 0 Å². The van der Waals surface area contributed by atoms with Crippen molar-refractivity contribution in [2.75, 3.05) is 5.75 Å². The van der Waals surface area contributed by atoms with Gasteiger partial charge < -0.3 is 14.3 Å². The molecule has 0 atom stereocenters. The van der Waals surface area contributed by atoms with Gasteiger partial charge in [-0.05, 0) is 18.2 Å². The fraction of sp³-hybridized carbons (Fsp3) is 0.250. The molecule has 0 aliphatic heterocycles. The van der Waals surface area contributed by atoms with Crippen LogP contribution in [0.4, 0.5) is 0 Å². The lowest BCUT2D eigenvalue weighted by Gasteiger charge is -2.05. The van der Waals surface area contributed by atoms with Crippen LogP contribution in [0, 0.1) is 0 Å². The number of carbonyl (C=O) groups is 1. The molecule has 2 rings (SSSR count). The highest BCUT2D eigenvalue weighted by atomic mass is 35.5. The third-order valence-corrected chi connectivity index (χ3v) is 3.59. The Morgan fingerprint density at radius 2 is 2.19 bits per heavy atom. The van der Waals surface area contributed by atoms with Gasteiger partial charge in [0, 0.05) is 10.8 Å². The molecular weight excluding hydrogens is 339 g/mol. The molecule has 0 radical (unpaired) electrons. The van der Waals surface area contributed by atoms with Crippen LogP contribution < -0.4 is 4.74 Å². The van der Waals surface area contributed by atoms with Crippen molar-refractivity contribution in [1.82, 2.24) is 10.2 Å². The van der Waals surface area contributed by atoms with Crippen molar-refractivity contribution < 1.29 is 19.1 Å². The maximum absolute atomic E-state index is 10.4. The molecular formula is C12H10Cl2N2O4S. The van der Waals surface area contributed by atoms with Gasteiger partial charge in [-0.15, -0.1) is 10.2 Å². The number of hydrogen-bond acceptors (Lipinski definition) is 6. The number of thioether (sulfide) groups is 1. The number of carboxylic acid groups (broad SMARTS) is 1. The van der Waals surface area contributed by atoms with E-state index in [0.717, 1.165) is 0 Å². The van der Waals surface area contributed by atoms with E-state index in [1.165, 1.54) is 11.8 Å². The average Bonchev–Trinajstić information content (AvgIpc) is 2.85. The van der Waals surface area contributed by atoms with Gasteiger partial charge in [0.05, 0.1) is 11.4 Å². The highest BCUT2D eigenvalue weighted by Crippen LogP contribution is 2.28. The maximum atomic E-state index is 10.4. The Bertz CT molecular complexity index is 635. The van der Waals surface area contributed by atoms with Crippen LogP contribution in [0.25, 0.3) is 0 Å². The number of hydrogen-bond donors (Lipinski definition) is 1. The molecule has 0 amide bonds. The van der Waals surface area contributed by atoms with Crippen molar-refractivity contribution in [2.45, 2.75) is 18.3 Å². The minimum atomic E-state index is -0.872. The van der Waals surface area contributed by atoms with Crippen LogP contribution in [0.3, 0.4) is 0 Å². The smallest absolute Gasteiger partial charge is 0.304 e. The van der Waals surface area contributed by atoms with Crippen LogP contribution in [0.2, 0.25) is 10.0 Å². The minimum Gasteiger partial charge on any atom is -0.482 e. The van der Waals surface area contributed by atoms with E-state index in [2.05, 4.69) is 10.2 Å². The van der Waals surface area contributed by atoms with Crippen molar-refractivity contribution >= 4 is 40.9 Å². The Morgan fingerprint density at radius 1 is 1.38 bits per heavy atom. The maximum Gasteiger partial charge on any atom is 0.304 e. The quantitative estimate of drug-likeness (QED) is 0.766. The summed E-state index contributed by atoms with van der Waals surface area (Å²) in [6.45, 7) is 0.0633. The number of aliphatic carboxylic acids is 1. The monoisotopic (exact) mass is 348 g/mol. The summed E-state index contributed by atoms with van der Waals surface area (Å²) in [5, 5.41) is 17.3. The standard InChI is InChI=1S/C12H10Cl2N2O4S/c13-7-1-2-9(8(14)5-7)19-6-10-15-16-12(20-10)21-4-3-11(17)18/h1-2,5H,3-4,6H2,(H,17,18). The van der Waals surface area contributed by atoms with Gasteiger partial charge >= 0.3 is 5.97 Å². The third kappa shape index (κ3) is 5.11. The number of nitrogens with zero attached hydrogens (tertiary/aromatic N) is 2. The van der Waals surface area contributed by atoms with Gasteiger partial charge in [0.1, 0.15) is 5.75 Å². The van der Waals surface area contributed by atoms with E-state index in [4.69, 9.17) is 37.5 Å². The molecule has 1 N–H and O–H groups in total. The SMILES string of the molecule is O=C(O)CCSc1nnc(COc2ccc(Cl)cc2Cl)o1. The van der Waals surface area contributed by atoms with E-state index >= 15 is 0 Å². The van der Waals surface area contributed by atoms with Crippen LogP contribution in [0.5, 0.6) is 5.75 Å². The molecule has 0 spiro atoms. The van der Waals surface area contributed by atoms with Crippen LogP contribution in [-0.2, 0) is 11.4 Å². The molecule has 21 heavy (non-hydrogen) atoms. The molecule has 0 saturated heterocycles. The molecule has 0 bridgehead atoms. The predicted molar refractivity (Wildman–Crippen MR) is 78.1 cm³/mol. The van der Waals surface area contributed by atoms with Gasteiger partial charge in [-0.1, -0.05) is 35.0 Å². The van der Waals surface area contributed by atoms with Gasteiger partial charge in [-0.2, -0.15) is 0 Å². The second-order valence-corrected chi connectivity index (χ2v) is 5.71. The number of aromatic nitrogens is 2. The van der Waals surface area contributed by atoms with E-state index in [1.807, 2.05) is 0 Å². The van der Waals surface area contributed by atoms with E-state index in [-0.39, 0.29) is 18.9 Å². The van der Waals surface area contributed by atoms with E-state index in [9.17, 15) is 4.79 Å². The van der Waals surface area contributed by atoms with Crippen LogP contribution in [0.15, 0.2) is 27.8 Å². The molecule has 9 heteroatoms. The van der Waals surface area contributed by atoms with Gasteiger partial charge in [0.15, 0.2) is 6.61 Å². The number of ether oxygens (including phenoxy) is 1. The average molecular weight is 349 g/mol. The normalized spacial score (nSPS) is 10.6. The summed E-state index contributed by atoms with van der Waals surface area (Å²) in [6, 6.07) is 4.87. The molecule has 2 aromatic rings. The van der Waals surface area contributed by atoms with E-state index in [1.54, 1.807) is 18.2 Å². The first kappa shape index (κ1) is 15.9. The lowest BCUT2D eigenvalue weighted by Crippen LogP contribution is -1.96. The first-order valence-corrected chi connectivity index (χ1v) is 7.53. The van der Waals surface area contributed by atoms with Crippen molar-refractivity contribution in [3.05, 3.63) is 34.1 Å². The summed E-state index contributed by atoms with van der Waals surface area (Å²) in [7, 11) is 0. The minimum absolute atomic E-state index is 0.0270. The molecule has 6 nitrogen and oxygen atoms in total. The number of carboxylic acids is 1. The molecule has 0 unspecified atom stereocenters. The zero-order chi connectivity index (χ0) is 15.2. The first-order chi connectivity index (χ1) is 10.0. The van der Waals surface area contributed by atoms with Crippen molar-refractivity contribution in [2.24, 2.45) is 0 Å². The lowest BCUT2D eigenvalue weighted by molar-refractivity contribution is -0.136. The number of halogens is 2. The largest absolute Gasteiger partial charge is 0.482 e. The van der Waals surface area contributed by atoms with Gasteiger partial charge in [-0.3, -0.25) is 4.79 Å². The fourth-order valence-corrected chi connectivity index (χ4v) is 2.48. The Hall–Kier alpha value is -1.44. The number of benzene rings is 1. The molecule has 1 heterocycles. The molecule has 0 fully saturated rings. The lowest BCUT2D eigenvalue weighted by atomic mass is 10.3. The Balaban J connectivity index is 1.86. The van der Waals surface area contributed by atoms with Crippen molar-refractivity contribution in [3.8, 4) is 5.75 Å². The topological polar surface area (TPSA) is 85.5 Å². The highest BCUT2D eigenvalue weighted by Gasteiger charge is 2.09. The fourth-order valence-electron chi connectivity index (χ4n) is 1.31. The van der Waals surface area contributed by atoms with Crippen molar-refractivity contribution in [3.63, 3.8) is 0 Å². The van der Waals surface area contributed by atoms with Crippen LogP contribution >= 0.6 is 35.0 Å². The van der Waals surface area contributed by atoms with Gasteiger partial charge in [0.2, 0.25) is 0 Å². The van der Waals surface area contributed by atoms with Gasteiger partial charge in [0.25, 0.3) is 11.1 Å². The zero-order valence-corrected chi connectivity index (χ0v) is 12.9.